The third-order valence-electron chi connectivity index (χ3n) is 3.05. The van der Waals surface area contributed by atoms with Gasteiger partial charge in [-0.15, -0.1) is 0 Å². The van der Waals surface area contributed by atoms with Crippen molar-refractivity contribution < 1.29 is 9.84 Å². The smallest absolute Gasteiger partial charge is 0.142 e. The van der Waals surface area contributed by atoms with Gasteiger partial charge in [0.15, 0.2) is 0 Å². The van der Waals surface area contributed by atoms with E-state index in [9.17, 15) is 5.11 Å². The number of aliphatic hydroxyl groups is 1. The highest BCUT2D eigenvalue weighted by Crippen LogP contribution is 2.27. The van der Waals surface area contributed by atoms with Crippen LogP contribution in [0.3, 0.4) is 0 Å². The van der Waals surface area contributed by atoms with E-state index in [1.165, 1.54) is 0 Å². The van der Waals surface area contributed by atoms with E-state index in [4.69, 9.17) is 16.3 Å². The molecule has 19 heavy (non-hydrogen) atoms. The molecule has 0 bridgehead atoms. The number of anilines is 1. The van der Waals surface area contributed by atoms with Gasteiger partial charge in [-0.05, 0) is 31.3 Å². The molecule has 0 spiro atoms. The Morgan fingerprint density at radius 3 is 2.63 bits per heavy atom. The van der Waals surface area contributed by atoms with Gasteiger partial charge >= 0.3 is 0 Å². The van der Waals surface area contributed by atoms with Crippen LogP contribution in [0.4, 0.5) is 5.69 Å². The molecule has 0 aliphatic heterocycles. The first-order chi connectivity index (χ1) is 9.10. The van der Waals surface area contributed by atoms with E-state index in [1.54, 1.807) is 25.3 Å². The van der Waals surface area contributed by atoms with Crippen molar-refractivity contribution in [3.8, 4) is 5.75 Å². The Morgan fingerprint density at radius 2 is 2.05 bits per heavy atom. The molecule has 108 valence electrons. The number of aliphatic hydroxyl groups excluding tert-OH is 1. The molecule has 0 amide bonds. The predicted octanol–water partition coefficient (Wildman–Crippen LogP) is 2.46. The van der Waals surface area contributed by atoms with Gasteiger partial charge in [0.1, 0.15) is 5.75 Å². The maximum absolute atomic E-state index is 10.00. The number of rotatable bonds is 8. The molecule has 0 radical (unpaired) electrons. The van der Waals surface area contributed by atoms with Crippen molar-refractivity contribution in [2.75, 3.05) is 38.6 Å². The van der Waals surface area contributed by atoms with Crippen molar-refractivity contribution in [3.05, 3.63) is 23.2 Å². The summed E-state index contributed by atoms with van der Waals surface area (Å²) >= 11 is 5.95. The topological polar surface area (TPSA) is 44.7 Å². The van der Waals surface area contributed by atoms with Gasteiger partial charge in [-0.2, -0.15) is 0 Å². The van der Waals surface area contributed by atoms with Crippen LogP contribution in [0.5, 0.6) is 5.75 Å². The molecule has 0 saturated carbocycles. The number of nitrogens with zero attached hydrogens (tertiary/aromatic N) is 1. The first-order valence-corrected chi connectivity index (χ1v) is 6.96. The number of halogens is 1. The van der Waals surface area contributed by atoms with Gasteiger partial charge < -0.3 is 20.1 Å². The van der Waals surface area contributed by atoms with Crippen molar-refractivity contribution in [2.45, 2.75) is 20.0 Å². The normalized spacial score (nSPS) is 12.5. The van der Waals surface area contributed by atoms with Crippen LogP contribution in [0.15, 0.2) is 18.2 Å². The molecular formula is C14H23ClN2O2. The van der Waals surface area contributed by atoms with Crippen molar-refractivity contribution in [2.24, 2.45) is 0 Å². The number of nitrogens with one attached hydrogen (secondary N) is 1. The maximum atomic E-state index is 10.00. The SMILES string of the molecule is CCN(CC)CC(O)CNc1cc(Cl)ccc1OC. The van der Waals surface area contributed by atoms with Gasteiger partial charge in [-0.1, -0.05) is 25.4 Å². The minimum atomic E-state index is -0.427. The van der Waals surface area contributed by atoms with E-state index in [1.807, 2.05) is 0 Å². The molecule has 2 N–H and O–H groups in total. The lowest BCUT2D eigenvalue weighted by molar-refractivity contribution is 0.128. The molecule has 4 nitrogen and oxygen atoms in total. The highest BCUT2D eigenvalue weighted by Gasteiger charge is 2.10. The molecule has 0 heterocycles. The van der Waals surface area contributed by atoms with Crippen LogP contribution in [0, 0.1) is 0 Å². The summed E-state index contributed by atoms with van der Waals surface area (Å²) in [6.45, 7) is 7.17. The minimum absolute atomic E-state index is 0.427. The second-order valence-electron chi connectivity index (χ2n) is 4.37. The number of ether oxygens (including phenoxy) is 1. The molecule has 0 aliphatic carbocycles. The van der Waals surface area contributed by atoms with Crippen LogP contribution in [0.1, 0.15) is 13.8 Å². The summed E-state index contributed by atoms with van der Waals surface area (Å²) in [5.41, 5.74) is 0.800. The summed E-state index contributed by atoms with van der Waals surface area (Å²) in [5, 5.41) is 13.8. The molecule has 1 atom stereocenters. The average Bonchev–Trinajstić information content (AvgIpc) is 2.42. The largest absolute Gasteiger partial charge is 0.495 e. The van der Waals surface area contributed by atoms with Gasteiger partial charge in [0.05, 0.1) is 18.9 Å². The second-order valence-corrected chi connectivity index (χ2v) is 4.80. The molecule has 0 aliphatic rings. The first-order valence-electron chi connectivity index (χ1n) is 6.58. The summed E-state index contributed by atoms with van der Waals surface area (Å²) < 4.78 is 5.24. The van der Waals surface area contributed by atoms with Crippen molar-refractivity contribution >= 4 is 17.3 Å². The number of likely N-dealkylation sites (N-methyl/N-ethyl adjacent to an activating group) is 1. The minimum Gasteiger partial charge on any atom is -0.495 e. The highest BCUT2D eigenvalue weighted by molar-refractivity contribution is 6.30. The monoisotopic (exact) mass is 286 g/mol. The fraction of sp³-hybridized carbons (Fsp3) is 0.571. The summed E-state index contributed by atoms with van der Waals surface area (Å²) in [6.07, 6.45) is -0.427. The Hall–Kier alpha value is -0.970. The zero-order chi connectivity index (χ0) is 14.3. The Morgan fingerprint density at radius 1 is 1.37 bits per heavy atom. The van der Waals surface area contributed by atoms with Crippen LogP contribution in [-0.2, 0) is 0 Å². The molecule has 0 fully saturated rings. The predicted molar refractivity (Wildman–Crippen MR) is 80.3 cm³/mol. The number of hydrogen-bond acceptors (Lipinski definition) is 4. The van der Waals surface area contributed by atoms with E-state index in [0.717, 1.165) is 24.5 Å². The zero-order valence-electron chi connectivity index (χ0n) is 11.8. The van der Waals surface area contributed by atoms with Crippen LogP contribution >= 0.6 is 11.6 Å². The molecule has 1 unspecified atom stereocenters. The number of benzene rings is 1. The third-order valence-corrected chi connectivity index (χ3v) is 3.29. The lowest BCUT2D eigenvalue weighted by Gasteiger charge is -2.22. The summed E-state index contributed by atoms with van der Waals surface area (Å²) in [7, 11) is 1.61. The Kier molecular flexibility index (Phi) is 6.99. The van der Waals surface area contributed by atoms with Crippen LogP contribution in [0.25, 0.3) is 0 Å². The van der Waals surface area contributed by atoms with Gasteiger partial charge in [0.25, 0.3) is 0 Å². The van der Waals surface area contributed by atoms with Crippen LogP contribution in [-0.4, -0.2) is 49.4 Å². The van der Waals surface area contributed by atoms with E-state index in [2.05, 4.69) is 24.1 Å². The fourth-order valence-electron chi connectivity index (χ4n) is 1.89. The Bertz CT molecular complexity index is 384. The maximum Gasteiger partial charge on any atom is 0.142 e. The van der Waals surface area contributed by atoms with E-state index in [0.29, 0.717) is 18.1 Å². The first kappa shape index (κ1) is 16.1. The lowest BCUT2D eigenvalue weighted by atomic mass is 10.2. The fourth-order valence-corrected chi connectivity index (χ4v) is 2.06. The van der Waals surface area contributed by atoms with Crippen LogP contribution < -0.4 is 10.1 Å². The van der Waals surface area contributed by atoms with Gasteiger partial charge in [0, 0.05) is 18.1 Å². The Balaban J connectivity index is 2.54. The Labute approximate surface area is 120 Å². The molecule has 1 aromatic carbocycles. The average molecular weight is 287 g/mol. The van der Waals surface area contributed by atoms with E-state index in [-0.39, 0.29) is 0 Å². The summed E-state index contributed by atoms with van der Waals surface area (Å²) in [6, 6.07) is 5.38. The molecule has 1 aromatic rings. The van der Waals surface area contributed by atoms with Crippen molar-refractivity contribution in [3.63, 3.8) is 0 Å². The van der Waals surface area contributed by atoms with E-state index < -0.39 is 6.10 Å². The third kappa shape index (κ3) is 5.27. The standard InChI is InChI=1S/C14H23ClN2O2/c1-4-17(5-2)10-12(18)9-16-13-8-11(15)6-7-14(13)19-3/h6-8,12,16,18H,4-5,9-10H2,1-3H3. The number of hydrogen-bond donors (Lipinski definition) is 2. The number of methoxy groups -OCH3 is 1. The van der Waals surface area contributed by atoms with Crippen LogP contribution in [0.2, 0.25) is 5.02 Å². The second kappa shape index (κ2) is 8.25. The van der Waals surface area contributed by atoms with Crippen molar-refractivity contribution in [1.29, 1.82) is 0 Å². The van der Waals surface area contributed by atoms with E-state index >= 15 is 0 Å². The van der Waals surface area contributed by atoms with Gasteiger partial charge in [0.2, 0.25) is 0 Å². The molecule has 0 saturated heterocycles. The molecular weight excluding hydrogens is 264 g/mol. The molecule has 0 aromatic heterocycles. The van der Waals surface area contributed by atoms with Gasteiger partial charge in [-0.3, -0.25) is 0 Å². The molecule has 1 rings (SSSR count). The quantitative estimate of drug-likeness (QED) is 0.771. The lowest BCUT2D eigenvalue weighted by Crippen LogP contribution is -2.35. The molecule has 5 heteroatoms. The highest BCUT2D eigenvalue weighted by atomic mass is 35.5. The summed E-state index contributed by atoms with van der Waals surface area (Å²) in [5.74, 6) is 0.722. The van der Waals surface area contributed by atoms with Gasteiger partial charge in [-0.25, -0.2) is 0 Å². The zero-order valence-corrected chi connectivity index (χ0v) is 12.6. The summed E-state index contributed by atoms with van der Waals surface area (Å²) in [4.78, 5) is 2.18. The van der Waals surface area contributed by atoms with Crippen molar-refractivity contribution in [1.82, 2.24) is 4.90 Å².